The van der Waals surface area contributed by atoms with Crippen molar-refractivity contribution in [2.24, 2.45) is 0 Å². The van der Waals surface area contributed by atoms with Gasteiger partial charge >= 0.3 is 0 Å². The van der Waals surface area contributed by atoms with E-state index in [0.717, 1.165) is 60.1 Å². The van der Waals surface area contributed by atoms with Crippen LogP contribution in [0, 0.1) is 39.0 Å². The standard InChI is InChI=1S/C28H30N4O2/c1-19-5-6-25(15-20(19)2)30-28(33)24(18-29)17-23-16-21(3)32(22(23)4)27-9-7-26(8-10-27)31-11-13-34-14-12-31/h5-10,15-17H,11-14H2,1-4H3,(H,30,33)/b24-17-. The van der Waals surface area contributed by atoms with Gasteiger partial charge in [-0.2, -0.15) is 5.26 Å². The van der Waals surface area contributed by atoms with Crippen molar-refractivity contribution in [3.05, 3.63) is 82.2 Å². The summed E-state index contributed by atoms with van der Waals surface area (Å²) >= 11 is 0. The van der Waals surface area contributed by atoms with Gasteiger partial charge < -0.3 is 19.5 Å². The SMILES string of the molecule is Cc1ccc(NC(=O)/C(C#N)=C\c2cc(C)n(-c3ccc(N4CCOCC4)cc3)c2C)cc1C. The molecule has 4 rings (SSSR count). The molecule has 1 amide bonds. The van der Waals surface area contributed by atoms with Crippen LogP contribution in [0.2, 0.25) is 0 Å². The lowest BCUT2D eigenvalue weighted by molar-refractivity contribution is -0.112. The van der Waals surface area contributed by atoms with Gasteiger partial charge in [-0.1, -0.05) is 6.07 Å². The quantitative estimate of drug-likeness (QED) is 0.430. The van der Waals surface area contributed by atoms with E-state index in [-0.39, 0.29) is 5.57 Å². The van der Waals surface area contributed by atoms with Crippen molar-refractivity contribution in [1.29, 1.82) is 5.26 Å². The van der Waals surface area contributed by atoms with E-state index in [1.165, 1.54) is 5.69 Å². The molecule has 2 aromatic carbocycles. The van der Waals surface area contributed by atoms with E-state index in [1.54, 1.807) is 6.08 Å². The molecule has 1 fully saturated rings. The first kappa shape index (κ1) is 23.3. The van der Waals surface area contributed by atoms with Crippen molar-refractivity contribution in [3.63, 3.8) is 0 Å². The van der Waals surface area contributed by atoms with Crippen LogP contribution in [0.25, 0.3) is 11.8 Å². The average molecular weight is 455 g/mol. The molecule has 1 N–H and O–H groups in total. The molecule has 0 radical (unpaired) electrons. The average Bonchev–Trinajstić information content (AvgIpc) is 3.13. The smallest absolute Gasteiger partial charge is 0.266 e. The molecule has 1 aromatic heterocycles. The topological polar surface area (TPSA) is 70.3 Å². The van der Waals surface area contributed by atoms with E-state index in [0.29, 0.717) is 5.69 Å². The lowest BCUT2D eigenvalue weighted by atomic mass is 10.1. The number of hydrogen-bond acceptors (Lipinski definition) is 4. The largest absolute Gasteiger partial charge is 0.378 e. The summed E-state index contributed by atoms with van der Waals surface area (Å²) in [6, 6.07) is 18.3. The number of ether oxygens (including phenoxy) is 1. The summed E-state index contributed by atoms with van der Waals surface area (Å²) < 4.78 is 7.59. The minimum Gasteiger partial charge on any atom is -0.378 e. The number of anilines is 2. The first-order valence-corrected chi connectivity index (χ1v) is 11.5. The van der Waals surface area contributed by atoms with Gasteiger partial charge in [0, 0.05) is 41.5 Å². The molecule has 0 bridgehead atoms. The summed E-state index contributed by atoms with van der Waals surface area (Å²) in [6.07, 6.45) is 1.66. The van der Waals surface area contributed by atoms with Gasteiger partial charge in [0.15, 0.2) is 0 Å². The van der Waals surface area contributed by atoms with E-state index in [2.05, 4.69) is 45.1 Å². The zero-order valence-corrected chi connectivity index (χ0v) is 20.2. The second-order valence-corrected chi connectivity index (χ2v) is 8.70. The molecule has 2 heterocycles. The number of benzene rings is 2. The summed E-state index contributed by atoms with van der Waals surface area (Å²) in [6.45, 7) is 11.4. The molecule has 1 saturated heterocycles. The molecular weight excluding hydrogens is 424 g/mol. The number of rotatable bonds is 5. The molecule has 0 saturated carbocycles. The summed E-state index contributed by atoms with van der Waals surface area (Å²) in [5, 5.41) is 12.5. The van der Waals surface area contributed by atoms with E-state index in [1.807, 2.05) is 52.0 Å². The molecule has 0 aliphatic carbocycles. The lowest BCUT2D eigenvalue weighted by Gasteiger charge is -2.29. The number of aryl methyl sites for hydroxylation is 3. The van der Waals surface area contributed by atoms with Gasteiger partial charge in [-0.15, -0.1) is 0 Å². The number of nitriles is 1. The van der Waals surface area contributed by atoms with Crippen LogP contribution in [0.1, 0.15) is 28.1 Å². The van der Waals surface area contributed by atoms with Gasteiger partial charge in [0.2, 0.25) is 0 Å². The molecule has 0 unspecified atom stereocenters. The van der Waals surface area contributed by atoms with Crippen molar-refractivity contribution in [3.8, 4) is 11.8 Å². The van der Waals surface area contributed by atoms with E-state index >= 15 is 0 Å². The summed E-state index contributed by atoms with van der Waals surface area (Å²) in [5.74, 6) is -0.412. The van der Waals surface area contributed by atoms with Crippen LogP contribution in [0.3, 0.4) is 0 Å². The third kappa shape index (κ3) is 4.90. The molecule has 3 aromatic rings. The maximum atomic E-state index is 12.8. The van der Waals surface area contributed by atoms with Gasteiger partial charge in [0.1, 0.15) is 11.6 Å². The lowest BCUT2D eigenvalue weighted by Crippen LogP contribution is -2.36. The van der Waals surface area contributed by atoms with Crippen molar-refractivity contribution < 1.29 is 9.53 Å². The Morgan fingerprint density at radius 2 is 1.65 bits per heavy atom. The molecule has 0 spiro atoms. The predicted octanol–water partition coefficient (Wildman–Crippen LogP) is 5.09. The highest BCUT2D eigenvalue weighted by molar-refractivity contribution is 6.09. The molecule has 174 valence electrons. The molecule has 1 aliphatic rings. The first-order valence-electron chi connectivity index (χ1n) is 11.5. The number of morpholine rings is 1. The number of nitrogens with zero attached hydrogens (tertiary/aromatic N) is 3. The monoisotopic (exact) mass is 454 g/mol. The van der Waals surface area contributed by atoms with Crippen LogP contribution in [0.4, 0.5) is 11.4 Å². The zero-order valence-electron chi connectivity index (χ0n) is 20.2. The molecule has 6 heteroatoms. The maximum absolute atomic E-state index is 12.8. The number of hydrogen-bond donors (Lipinski definition) is 1. The van der Waals surface area contributed by atoms with Gasteiger partial charge in [0.05, 0.1) is 13.2 Å². The molecule has 0 atom stereocenters. The number of carbonyl (C=O) groups is 1. The van der Waals surface area contributed by atoms with Crippen LogP contribution in [-0.2, 0) is 9.53 Å². The Bertz CT molecular complexity index is 1270. The highest BCUT2D eigenvalue weighted by Crippen LogP contribution is 2.25. The predicted molar refractivity (Wildman–Crippen MR) is 136 cm³/mol. The number of amides is 1. The summed E-state index contributed by atoms with van der Waals surface area (Å²) in [4.78, 5) is 15.1. The number of aromatic nitrogens is 1. The Morgan fingerprint density at radius 1 is 0.971 bits per heavy atom. The van der Waals surface area contributed by atoms with E-state index in [9.17, 15) is 10.1 Å². The summed E-state index contributed by atoms with van der Waals surface area (Å²) in [5.41, 5.74) is 8.08. The Morgan fingerprint density at radius 3 is 2.29 bits per heavy atom. The van der Waals surface area contributed by atoms with Crippen LogP contribution < -0.4 is 10.2 Å². The van der Waals surface area contributed by atoms with Crippen LogP contribution in [0.15, 0.2) is 54.1 Å². The molecule has 1 aliphatic heterocycles. The van der Waals surface area contributed by atoms with E-state index < -0.39 is 5.91 Å². The van der Waals surface area contributed by atoms with Gasteiger partial charge in [-0.05, 0) is 92.9 Å². The fraction of sp³-hybridized carbons (Fsp3) is 0.286. The Hall–Kier alpha value is -3.82. The van der Waals surface area contributed by atoms with Gasteiger partial charge in [-0.25, -0.2) is 0 Å². The van der Waals surface area contributed by atoms with Gasteiger partial charge in [0.25, 0.3) is 5.91 Å². The Balaban J connectivity index is 1.57. The number of nitrogens with one attached hydrogen (secondary N) is 1. The minimum absolute atomic E-state index is 0.0705. The third-order valence-electron chi connectivity index (χ3n) is 6.38. The summed E-state index contributed by atoms with van der Waals surface area (Å²) in [7, 11) is 0. The Labute approximate surface area is 201 Å². The second kappa shape index (κ2) is 9.98. The highest BCUT2D eigenvalue weighted by atomic mass is 16.5. The second-order valence-electron chi connectivity index (χ2n) is 8.70. The fourth-order valence-electron chi connectivity index (χ4n) is 4.29. The fourth-order valence-corrected chi connectivity index (χ4v) is 4.29. The molecular formula is C28H30N4O2. The maximum Gasteiger partial charge on any atom is 0.266 e. The molecule has 6 nitrogen and oxygen atoms in total. The van der Waals surface area contributed by atoms with Crippen molar-refractivity contribution in [2.75, 3.05) is 36.5 Å². The van der Waals surface area contributed by atoms with Crippen molar-refractivity contribution in [1.82, 2.24) is 4.57 Å². The van der Waals surface area contributed by atoms with Crippen molar-refractivity contribution >= 4 is 23.4 Å². The molecule has 34 heavy (non-hydrogen) atoms. The van der Waals surface area contributed by atoms with Crippen LogP contribution in [0.5, 0.6) is 0 Å². The first-order chi connectivity index (χ1) is 16.4. The third-order valence-corrected chi connectivity index (χ3v) is 6.38. The Kier molecular flexibility index (Phi) is 6.85. The normalized spacial score (nSPS) is 14.1. The van der Waals surface area contributed by atoms with Crippen LogP contribution >= 0.6 is 0 Å². The van der Waals surface area contributed by atoms with Crippen LogP contribution in [-0.4, -0.2) is 36.8 Å². The minimum atomic E-state index is -0.412. The highest BCUT2D eigenvalue weighted by Gasteiger charge is 2.15. The van der Waals surface area contributed by atoms with Gasteiger partial charge in [-0.3, -0.25) is 4.79 Å². The number of carbonyl (C=O) groups excluding carboxylic acids is 1. The van der Waals surface area contributed by atoms with Crippen molar-refractivity contribution in [2.45, 2.75) is 27.7 Å². The van der Waals surface area contributed by atoms with E-state index in [4.69, 9.17) is 4.74 Å². The zero-order chi connectivity index (χ0) is 24.2.